The van der Waals surface area contributed by atoms with E-state index < -0.39 is 12.2 Å². The topological polar surface area (TPSA) is 96.2 Å². The molecular weight excluding hydrogens is 360 g/mol. The van der Waals surface area contributed by atoms with Crippen LogP contribution < -0.4 is 0 Å². The Kier molecular flexibility index (Phi) is 13.8. The second-order valence-corrected chi connectivity index (χ2v) is 7.81. The number of hydrogen-bond donors (Lipinski definition) is 3. The molecule has 0 aliphatic carbocycles. The molecule has 0 aromatic rings. The number of carbonyl (C=O) groups is 1. The Balaban J connectivity index is 1.88. The van der Waals surface area contributed by atoms with E-state index in [1.54, 1.807) is 0 Å². The number of hydrogen-bond acceptors (Lipinski definition) is 6. The molecule has 3 N–H and O–H groups in total. The highest BCUT2D eigenvalue weighted by molar-refractivity contribution is 5.69. The maximum atomic E-state index is 11.7. The first-order chi connectivity index (χ1) is 13.6. The molecule has 164 valence electrons. The molecular formula is C22H40O6. The molecule has 0 amide bonds. The summed E-state index contributed by atoms with van der Waals surface area (Å²) in [5, 5.41) is 28.7. The summed E-state index contributed by atoms with van der Waals surface area (Å²) in [6, 6.07) is 0. The summed E-state index contributed by atoms with van der Waals surface area (Å²) >= 11 is 0. The standard InChI is InChI=1S/C22H40O6/c1-2-3-4-5-6-7-8-9-10-11-12-13-14-15-20(25)27-17-19(24)22-21(26)18(23)16-28-22/h19,22-24,26H,2-17H2,1H3/t19-,22+/m0/s1. The van der Waals surface area contributed by atoms with E-state index in [9.17, 15) is 20.1 Å². The van der Waals surface area contributed by atoms with Crippen molar-refractivity contribution in [1.29, 1.82) is 0 Å². The number of unbranched alkanes of at least 4 members (excludes halogenated alkanes) is 12. The molecule has 2 atom stereocenters. The maximum Gasteiger partial charge on any atom is 0.305 e. The third kappa shape index (κ3) is 10.9. The van der Waals surface area contributed by atoms with Crippen molar-refractivity contribution in [1.82, 2.24) is 0 Å². The van der Waals surface area contributed by atoms with Gasteiger partial charge in [0.05, 0.1) is 0 Å². The molecule has 1 aliphatic heterocycles. The van der Waals surface area contributed by atoms with Crippen molar-refractivity contribution in [2.45, 2.75) is 109 Å². The molecule has 0 radical (unpaired) electrons. The fraction of sp³-hybridized carbons (Fsp3) is 0.864. The van der Waals surface area contributed by atoms with Gasteiger partial charge in [-0.2, -0.15) is 0 Å². The smallest absolute Gasteiger partial charge is 0.305 e. The molecule has 28 heavy (non-hydrogen) atoms. The van der Waals surface area contributed by atoms with E-state index in [1.165, 1.54) is 64.2 Å². The Labute approximate surface area is 169 Å². The highest BCUT2D eigenvalue weighted by Crippen LogP contribution is 2.20. The molecule has 0 aromatic heterocycles. The molecule has 0 spiro atoms. The molecule has 0 aromatic carbocycles. The van der Waals surface area contributed by atoms with Gasteiger partial charge in [0.25, 0.3) is 0 Å². The van der Waals surface area contributed by atoms with Crippen molar-refractivity contribution in [2.75, 3.05) is 13.2 Å². The Morgan fingerprint density at radius 3 is 1.93 bits per heavy atom. The van der Waals surface area contributed by atoms with Crippen LogP contribution in [0.3, 0.4) is 0 Å². The molecule has 0 saturated heterocycles. The normalized spacial score (nSPS) is 17.9. The van der Waals surface area contributed by atoms with Crippen molar-refractivity contribution in [3.8, 4) is 0 Å². The molecule has 0 unspecified atom stereocenters. The highest BCUT2D eigenvalue weighted by atomic mass is 16.6. The van der Waals surface area contributed by atoms with Gasteiger partial charge >= 0.3 is 5.97 Å². The van der Waals surface area contributed by atoms with Crippen molar-refractivity contribution < 1.29 is 29.6 Å². The third-order valence-corrected chi connectivity index (χ3v) is 5.21. The van der Waals surface area contributed by atoms with Gasteiger partial charge < -0.3 is 24.8 Å². The Morgan fingerprint density at radius 2 is 1.46 bits per heavy atom. The van der Waals surface area contributed by atoms with Crippen molar-refractivity contribution >= 4 is 5.97 Å². The first kappa shape index (κ1) is 24.8. The summed E-state index contributed by atoms with van der Waals surface area (Å²) in [5.74, 6) is -1.03. The second kappa shape index (κ2) is 15.6. The lowest BCUT2D eigenvalue weighted by atomic mass is 10.0. The maximum absolute atomic E-state index is 11.7. The van der Waals surface area contributed by atoms with Gasteiger partial charge in [0, 0.05) is 6.42 Å². The van der Waals surface area contributed by atoms with E-state index >= 15 is 0 Å². The quantitative estimate of drug-likeness (QED) is 0.232. The summed E-state index contributed by atoms with van der Waals surface area (Å²) < 4.78 is 10.1. The van der Waals surface area contributed by atoms with Crippen LogP contribution in [0.2, 0.25) is 0 Å². The van der Waals surface area contributed by atoms with Crippen LogP contribution in [0.25, 0.3) is 0 Å². The molecule has 1 aliphatic rings. The molecule has 0 saturated carbocycles. The molecule has 1 heterocycles. The van der Waals surface area contributed by atoms with Crippen LogP contribution in [0.4, 0.5) is 0 Å². The fourth-order valence-electron chi connectivity index (χ4n) is 3.40. The lowest BCUT2D eigenvalue weighted by Gasteiger charge is -2.17. The van der Waals surface area contributed by atoms with E-state index in [0.717, 1.165) is 19.3 Å². The minimum Gasteiger partial charge on any atom is -0.506 e. The van der Waals surface area contributed by atoms with Crippen molar-refractivity contribution in [3.05, 3.63) is 11.5 Å². The van der Waals surface area contributed by atoms with Crippen molar-refractivity contribution in [3.63, 3.8) is 0 Å². The number of rotatable bonds is 17. The van der Waals surface area contributed by atoms with E-state index in [-0.39, 0.29) is 30.7 Å². The second-order valence-electron chi connectivity index (χ2n) is 7.81. The van der Waals surface area contributed by atoms with Crippen LogP contribution in [0.15, 0.2) is 11.5 Å². The summed E-state index contributed by atoms with van der Waals surface area (Å²) in [4.78, 5) is 11.7. The van der Waals surface area contributed by atoms with E-state index in [1.807, 2.05) is 0 Å². The van der Waals surface area contributed by atoms with Crippen LogP contribution >= 0.6 is 0 Å². The Hall–Kier alpha value is -1.27. The summed E-state index contributed by atoms with van der Waals surface area (Å²) in [6.45, 7) is 1.86. The van der Waals surface area contributed by atoms with Crippen LogP contribution in [0, 0.1) is 0 Å². The molecule has 6 nitrogen and oxygen atoms in total. The predicted molar refractivity (Wildman–Crippen MR) is 109 cm³/mol. The van der Waals surface area contributed by atoms with Gasteiger partial charge in [-0.3, -0.25) is 4.79 Å². The number of aliphatic hydroxyl groups excluding tert-OH is 3. The Bertz CT molecular complexity index is 448. The van der Waals surface area contributed by atoms with E-state index in [0.29, 0.717) is 6.42 Å². The number of aliphatic hydroxyl groups is 3. The van der Waals surface area contributed by atoms with Crippen LogP contribution in [0.5, 0.6) is 0 Å². The fourth-order valence-corrected chi connectivity index (χ4v) is 3.40. The van der Waals surface area contributed by atoms with Gasteiger partial charge in [0.1, 0.15) is 25.4 Å². The number of ether oxygens (including phenoxy) is 2. The van der Waals surface area contributed by atoms with Gasteiger partial charge in [-0.1, -0.05) is 84.0 Å². The molecule has 0 fully saturated rings. The average Bonchev–Trinajstić information content (AvgIpc) is 3.02. The van der Waals surface area contributed by atoms with Gasteiger partial charge in [0.15, 0.2) is 11.5 Å². The summed E-state index contributed by atoms with van der Waals surface area (Å²) in [6.07, 6.45) is 14.4. The lowest BCUT2D eigenvalue weighted by Crippen LogP contribution is -2.33. The first-order valence-electron chi connectivity index (χ1n) is 11.1. The van der Waals surface area contributed by atoms with Crippen molar-refractivity contribution in [2.24, 2.45) is 0 Å². The first-order valence-corrected chi connectivity index (χ1v) is 11.1. The number of carbonyl (C=O) groups excluding carboxylic acids is 1. The minimum atomic E-state index is -1.18. The third-order valence-electron chi connectivity index (χ3n) is 5.21. The van der Waals surface area contributed by atoms with Gasteiger partial charge in [-0.25, -0.2) is 0 Å². The zero-order valence-corrected chi connectivity index (χ0v) is 17.5. The van der Waals surface area contributed by atoms with Gasteiger partial charge in [-0.15, -0.1) is 0 Å². The largest absolute Gasteiger partial charge is 0.506 e. The van der Waals surface area contributed by atoms with Crippen LogP contribution in [0.1, 0.15) is 96.8 Å². The predicted octanol–water partition coefficient (Wildman–Crippen LogP) is 5.10. The van der Waals surface area contributed by atoms with Crippen LogP contribution in [-0.4, -0.2) is 46.7 Å². The van der Waals surface area contributed by atoms with Gasteiger partial charge in [-0.05, 0) is 6.42 Å². The molecule has 1 rings (SSSR count). The summed E-state index contributed by atoms with van der Waals surface area (Å²) in [7, 11) is 0. The molecule has 6 heteroatoms. The SMILES string of the molecule is CCCCCCCCCCCCCCCC(=O)OC[C@H](O)[C@H]1OCC(O)=C1O. The van der Waals surface area contributed by atoms with E-state index in [4.69, 9.17) is 9.47 Å². The van der Waals surface area contributed by atoms with Crippen LogP contribution in [-0.2, 0) is 14.3 Å². The Morgan fingerprint density at radius 1 is 0.964 bits per heavy atom. The highest BCUT2D eigenvalue weighted by Gasteiger charge is 2.33. The summed E-state index contributed by atoms with van der Waals surface area (Å²) in [5.41, 5.74) is 0. The van der Waals surface area contributed by atoms with Gasteiger partial charge in [0.2, 0.25) is 0 Å². The van der Waals surface area contributed by atoms with E-state index in [2.05, 4.69) is 6.92 Å². The zero-order chi connectivity index (χ0) is 20.6. The number of esters is 1. The average molecular weight is 401 g/mol. The lowest BCUT2D eigenvalue weighted by molar-refractivity contribution is -0.149. The minimum absolute atomic E-state index is 0.138. The zero-order valence-electron chi connectivity index (χ0n) is 17.5. The monoisotopic (exact) mass is 400 g/mol. The molecule has 0 bridgehead atoms.